The number of hydrogen-bond donors (Lipinski definition) is 2. The molecule has 0 spiro atoms. The molecule has 98 valence electrons. The third kappa shape index (κ3) is 3.16. The van der Waals surface area contributed by atoms with Crippen molar-refractivity contribution in [3.8, 4) is 0 Å². The van der Waals surface area contributed by atoms with Crippen molar-refractivity contribution in [2.75, 3.05) is 26.2 Å². The molecule has 4 nitrogen and oxygen atoms in total. The van der Waals surface area contributed by atoms with Crippen molar-refractivity contribution in [1.82, 2.24) is 15.5 Å². The van der Waals surface area contributed by atoms with Crippen molar-refractivity contribution in [2.24, 2.45) is 0 Å². The zero-order chi connectivity index (χ0) is 13.0. The molecule has 1 saturated heterocycles. The van der Waals surface area contributed by atoms with E-state index in [1.807, 2.05) is 0 Å². The third-order valence-corrected chi connectivity index (χ3v) is 2.83. The minimum Gasteiger partial charge on any atom is -0.334 e. The molecule has 1 aromatic rings. The molecule has 6 heteroatoms. The average Bonchev–Trinajstić information content (AvgIpc) is 2.41. The lowest BCUT2D eigenvalue weighted by atomic mass is 10.2. The highest BCUT2D eigenvalue weighted by molar-refractivity contribution is 5.74. The van der Waals surface area contributed by atoms with Crippen LogP contribution in [0.4, 0.5) is 13.6 Å². The van der Waals surface area contributed by atoms with E-state index in [1.165, 1.54) is 6.07 Å². The van der Waals surface area contributed by atoms with Crippen molar-refractivity contribution in [3.05, 3.63) is 35.4 Å². The molecule has 0 atom stereocenters. The smallest absolute Gasteiger partial charge is 0.317 e. The van der Waals surface area contributed by atoms with Gasteiger partial charge in [0.25, 0.3) is 0 Å². The Bertz CT molecular complexity index is 433. The van der Waals surface area contributed by atoms with Gasteiger partial charge in [0.1, 0.15) is 0 Å². The zero-order valence-corrected chi connectivity index (χ0v) is 9.88. The number of nitrogens with zero attached hydrogens (tertiary/aromatic N) is 1. The van der Waals surface area contributed by atoms with Crippen LogP contribution < -0.4 is 10.6 Å². The molecular formula is C12H15F2N3O. The van der Waals surface area contributed by atoms with Gasteiger partial charge in [0.2, 0.25) is 0 Å². The molecule has 0 aromatic heterocycles. The van der Waals surface area contributed by atoms with E-state index in [4.69, 9.17) is 0 Å². The van der Waals surface area contributed by atoms with Crippen LogP contribution in [0.1, 0.15) is 5.56 Å². The van der Waals surface area contributed by atoms with Crippen molar-refractivity contribution < 1.29 is 13.6 Å². The molecule has 1 aliphatic rings. The molecule has 1 fully saturated rings. The second kappa shape index (κ2) is 5.77. The van der Waals surface area contributed by atoms with Crippen LogP contribution in [0.3, 0.4) is 0 Å². The molecule has 0 bridgehead atoms. The molecule has 0 aliphatic carbocycles. The molecule has 2 N–H and O–H groups in total. The lowest BCUT2D eigenvalue weighted by Crippen LogP contribution is -2.50. The second-order valence-corrected chi connectivity index (χ2v) is 4.14. The van der Waals surface area contributed by atoms with Gasteiger partial charge >= 0.3 is 6.03 Å². The van der Waals surface area contributed by atoms with Crippen LogP contribution in [0.5, 0.6) is 0 Å². The summed E-state index contributed by atoms with van der Waals surface area (Å²) in [6, 6.07) is 3.42. The highest BCUT2D eigenvalue weighted by atomic mass is 19.2. The summed E-state index contributed by atoms with van der Waals surface area (Å²) in [5, 5.41) is 5.83. The standard InChI is InChI=1S/C12H15F2N3O/c13-10-2-1-9(7-11(10)14)8-16-12(18)17-5-3-15-4-6-17/h1-2,7,15H,3-6,8H2,(H,16,18). The highest BCUT2D eigenvalue weighted by Gasteiger charge is 2.15. The normalized spacial score (nSPS) is 15.6. The summed E-state index contributed by atoms with van der Waals surface area (Å²) in [5.41, 5.74) is 0.539. The Morgan fingerprint density at radius 1 is 1.28 bits per heavy atom. The third-order valence-electron chi connectivity index (χ3n) is 2.83. The van der Waals surface area contributed by atoms with E-state index in [0.717, 1.165) is 25.2 Å². The summed E-state index contributed by atoms with van der Waals surface area (Å²) in [6.07, 6.45) is 0. The summed E-state index contributed by atoms with van der Waals surface area (Å²) in [4.78, 5) is 13.4. The Kier molecular flexibility index (Phi) is 4.09. The predicted octanol–water partition coefficient (Wildman–Crippen LogP) is 1.08. The SMILES string of the molecule is O=C(NCc1ccc(F)c(F)c1)N1CCNCC1. The average molecular weight is 255 g/mol. The zero-order valence-electron chi connectivity index (χ0n) is 9.88. The Balaban J connectivity index is 1.86. The molecule has 1 heterocycles. The number of rotatable bonds is 2. The van der Waals surface area contributed by atoms with Crippen LogP contribution in [0.15, 0.2) is 18.2 Å². The number of carbonyl (C=O) groups is 1. The first-order chi connectivity index (χ1) is 8.66. The molecule has 1 aliphatic heterocycles. The number of carbonyl (C=O) groups excluding carboxylic acids is 1. The lowest BCUT2D eigenvalue weighted by Gasteiger charge is -2.27. The summed E-state index contributed by atoms with van der Waals surface area (Å²) in [5.74, 6) is -1.78. The molecule has 18 heavy (non-hydrogen) atoms. The number of urea groups is 1. The summed E-state index contributed by atoms with van der Waals surface area (Å²) >= 11 is 0. The van der Waals surface area contributed by atoms with Gasteiger partial charge in [-0.2, -0.15) is 0 Å². The van der Waals surface area contributed by atoms with Crippen LogP contribution in [0, 0.1) is 11.6 Å². The van der Waals surface area contributed by atoms with E-state index in [0.29, 0.717) is 18.7 Å². The van der Waals surface area contributed by atoms with E-state index < -0.39 is 11.6 Å². The fourth-order valence-electron chi connectivity index (χ4n) is 1.81. The number of amides is 2. The molecule has 2 amide bonds. The van der Waals surface area contributed by atoms with Crippen LogP contribution in [-0.4, -0.2) is 37.1 Å². The van der Waals surface area contributed by atoms with Crippen LogP contribution in [-0.2, 0) is 6.54 Å². The number of nitrogens with one attached hydrogen (secondary N) is 2. The summed E-state index contributed by atoms with van der Waals surface area (Å²) < 4.78 is 25.7. The van der Waals surface area contributed by atoms with E-state index >= 15 is 0 Å². The fraction of sp³-hybridized carbons (Fsp3) is 0.417. The summed E-state index contributed by atoms with van der Waals surface area (Å²) in [7, 11) is 0. The fourth-order valence-corrected chi connectivity index (χ4v) is 1.81. The quantitative estimate of drug-likeness (QED) is 0.830. The van der Waals surface area contributed by atoms with E-state index in [1.54, 1.807) is 4.90 Å². The van der Waals surface area contributed by atoms with Gasteiger partial charge in [-0.25, -0.2) is 13.6 Å². The van der Waals surface area contributed by atoms with Gasteiger partial charge in [-0.3, -0.25) is 0 Å². The van der Waals surface area contributed by atoms with Gasteiger partial charge in [0.05, 0.1) is 0 Å². The highest BCUT2D eigenvalue weighted by Crippen LogP contribution is 2.08. The van der Waals surface area contributed by atoms with E-state index in [-0.39, 0.29) is 12.6 Å². The van der Waals surface area contributed by atoms with Crippen LogP contribution >= 0.6 is 0 Å². The van der Waals surface area contributed by atoms with E-state index in [9.17, 15) is 13.6 Å². The Hall–Kier alpha value is -1.69. The number of halogens is 2. The Morgan fingerprint density at radius 2 is 2.00 bits per heavy atom. The molecule has 0 unspecified atom stereocenters. The Labute approximate surface area is 104 Å². The first kappa shape index (κ1) is 12.8. The maximum absolute atomic E-state index is 13.0. The minimum absolute atomic E-state index is 0.179. The first-order valence-electron chi connectivity index (χ1n) is 5.84. The van der Waals surface area contributed by atoms with Gasteiger partial charge in [0.15, 0.2) is 11.6 Å². The second-order valence-electron chi connectivity index (χ2n) is 4.14. The van der Waals surface area contributed by atoms with Gasteiger partial charge in [-0.05, 0) is 17.7 Å². The lowest BCUT2D eigenvalue weighted by molar-refractivity contribution is 0.189. The van der Waals surface area contributed by atoms with Crippen LogP contribution in [0.2, 0.25) is 0 Å². The monoisotopic (exact) mass is 255 g/mol. The van der Waals surface area contributed by atoms with Crippen molar-refractivity contribution in [1.29, 1.82) is 0 Å². The topological polar surface area (TPSA) is 44.4 Å². The van der Waals surface area contributed by atoms with E-state index in [2.05, 4.69) is 10.6 Å². The molecule has 0 radical (unpaired) electrons. The Morgan fingerprint density at radius 3 is 2.67 bits per heavy atom. The number of benzene rings is 1. The molecular weight excluding hydrogens is 240 g/mol. The maximum Gasteiger partial charge on any atom is 0.317 e. The first-order valence-corrected chi connectivity index (χ1v) is 5.84. The number of hydrogen-bond acceptors (Lipinski definition) is 2. The van der Waals surface area contributed by atoms with Crippen LogP contribution in [0.25, 0.3) is 0 Å². The van der Waals surface area contributed by atoms with Crippen molar-refractivity contribution in [3.63, 3.8) is 0 Å². The van der Waals surface area contributed by atoms with Gasteiger partial charge in [-0.15, -0.1) is 0 Å². The molecule has 2 rings (SSSR count). The van der Waals surface area contributed by atoms with Crippen molar-refractivity contribution >= 4 is 6.03 Å². The van der Waals surface area contributed by atoms with Crippen molar-refractivity contribution in [2.45, 2.75) is 6.54 Å². The maximum atomic E-state index is 13.0. The minimum atomic E-state index is -0.899. The molecule has 1 aromatic carbocycles. The van der Waals surface area contributed by atoms with Gasteiger partial charge in [0, 0.05) is 32.7 Å². The predicted molar refractivity (Wildman–Crippen MR) is 63.0 cm³/mol. The van der Waals surface area contributed by atoms with Gasteiger partial charge in [-0.1, -0.05) is 6.07 Å². The molecule has 0 saturated carbocycles. The largest absolute Gasteiger partial charge is 0.334 e. The summed E-state index contributed by atoms with van der Waals surface area (Å²) in [6.45, 7) is 3.06. The number of piperazine rings is 1. The van der Waals surface area contributed by atoms with Gasteiger partial charge < -0.3 is 15.5 Å².